The van der Waals surface area contributed by atoms with Crippen molar-refractivity contribution in [2.24, 2.45) is 5.41 Å². The minimum atomic E-state index is -1.06. The number of aromatic nitrogens is 3. The molecule has 0 spiro atoms. The fourth-order valence-electron chi connectivity index (χ4n) is 3.92. The third kappa shape index (κ3) is 3.37. The largest absolute Gasteiger partial charge is 0.493 e. The third-order valence-electron chi connectivity index (χ3n) is 6.41. The van der Waals surface area contributed by atoms with Crippen molar-refractivity contribution in [3.05, 3.63) is 47.8 Å². The highest BCUT2D eigenvalue weighted by atomic mass is 16.5. The minimum Gasteiger partial charge on any atom is -0.493 e. The monoisotopic (exact) mass is 391 g/mol. The highest BCUT2D eigenvalue weighted by molar-refractivity contribution is 5.94. The number of rotatable bonds is 7. The molecule has 2 aliphatic carbocycles. The number of carboxylic acids is 1. The fraction of sp³-hybridized carbons (Fsp3) is 0.435. The zero-order chi connectivity index (χ0) is 20.0. The summed E-state index contributed by atoms with van der Waals surface area (Å²) in [6.45, 7) is 2.85. The number of nitrogens with zero attached hydrogens (tertiary/aromatic N) is 3. The fourth-order valence-corrected chi connectivity index (χ4v) is 3.92. The normalized spacial score (nSPS) is 17.8. The van der Waals surface area contributed by atoms with Gasteiger partial charge in [-0.1, -0.05) is 31.5 Å². The van der Waals surface area contributed by atoms with Gasteiger partial charge in [-0.3, -0.25) is 0 Å². The average molecular weight is 391 g/mol. The predicted molar refractivity (Wildman–Crippen MR) is 110 cm³/mol. The topological polar surface area (TPSA) is 77.2 Å². The maximum Gasteiger partial charge on any atom is 0.354 e. The molecule has 0 radical (unpaired) electrons. The molecule has 0 amide bonds. The maximum atomic E-state index is 11.7. The van der Waals surface area contributed by atoms with Crippen LogP contribution in [-0.2, 0) is 0 Å². The summed E-state index contributed by atoms with van der Waals surface area (Å²) in [4.78, 5) is 16.2. The van der Waals surface area contributed by atoms with E-state index in [4.69, 9.17) is 9.84 Å². The van der Waals surface area contributed by atoms with Crippen molar-refractivity contribution >= 4 is 17.0 Å². The number of aromatic carboxylic acids is 1. The summed E-state index contributed by atoms with van der Waals surface area (Å²) in [5.74, 6) is -0.0825. The Morgan fingerprint density at radius 3 is 2.66 bits per heavy atom. The van der Waals surface area contributed by atoms with Gasteiger partial charge in [0.1, 0.15) is 5.75 Å². The Morgan fingerprint density at radius 2 is 2.03 bits per heavy atom. The number of benzene rings is 1. The molecule has 1 N–H and O–H groups in total. The van der Waals surface area contributed by atoms with Gasteiger partial charge in [0, 0.05) is 12.0 Å². The van der Waals surface area contributed by atoms with Crippen LogP contribution in [0.25, 0.3) is 16.7 Å². The van der Waals surface area contributed by atoms with E-state index < -0.39 is 5.97 Å². The van der Waals surface area contributed by atoms with E-state index in [1.165, 1.54) is 19.3 Å². The van der Waals surface area contributed by atoms with Gasteiger partial charge < -0.3 is 9.84 Å². The lowest BCUT2D eigenvalue weighted by Gasteiger charge is -2.24. The van der Waals surface area contributed by atoms with Crippen LogP contribution < -0.4 is 4.74 Å². The van der Waals surface area contributed by atoms with E-state index in [9.17, 15) is 9.90 Å². The molecule has 6 heteroatoms. The summed E-state index contributed by atoms with van der Waals surface area (Å²) in [6, 6.07) is 11.3. The van der Waals surface area contributed by atoms with Crippen LogP contribution in [0, 0.1) is 5.41 Å². The van der Waals surface area contributed by atoms with Gasteiger partial charge in [0.15, 0.2) is 11.3 Å². The van der Waals surface area contributed by atoms with Crippen LogP contribution in [0.15, 0.2) is 36.4 Å². The van der Waals surface area contributed by atoms with Gasteiger partial charge in [0.25, 0.3) is 0 Å². The first-order chi connectivity index (χ1) is 14.0. The Kier molecular flexibility index (Phi) is 4.30. The molecule has 5 rings (SSSR count). The maximum absolute atomic E-state index is 11.7. The van der Waals surface area contributed by atoms with Crippen LogP contribution >= 0.6 is 0 Å². The van der Waals surface area contributed by atoms with E-state index >= 15 is 0 Å². The lowest BCUT2D eigenvalue weighted by atomic mass is 9.82. The summed E-state index contributed by atoms with van der Waals surface area (Å²) in [5.41, 5.74) is 2.78. The van der Waals surface area contributed by atoms with Crippen LogP contribution in [0.2, 0.25) is 0 Å². The third-order valence-corrected chi connectivity index (χ3v) is 6.41. The number of carbonyl (C=O) groups is 1. The lowest BCUT2D eigenvalue weighted by molar-refractivity contribution is 0.0690. The molecule has 6 nitrogen and oxygen atoms in total. The number of carboxylic acid groups (broad SMARTS) is 1. The van der Waals surface area contributed by atoms with Gasteiger partial charge in [0.2, 0.25) is 0 Å². The number of para-hydroxylation sites is 1. The molecule has 0 saturated heterocycles. The number of pyridine rings is 1. The van der Waals surface area contributed by atoms with Crippen molar-refractivity contribution in [3.63, 3.8) is 0 Å². The van der Waals surface area contributed by atoms with Gasteiger partial charge in [0.05, 0.1) is 23.4 Å². The standard InChI is InChI=1S/C23H25N3O3/c1-23(10-11-23)12-13-29-18-14-17(22(27)28)24-21-19(18)20(15-6-5-7-15)25-26(21)16-8-3-2-4-9-16/h2-4,8-9,14-15H,5-7,10-13H2,1H3,(H,27,28). The van der Waals surface area contributed by atoms with E-state index in [0.717, 1.165) is 36.0 Å². The first-order valence-electron chi connectivity index (χ1n) is 10.4. The molecule has 0 atom stereocenters. The second-order valence-corrected chi connectivity index (χ2v) is 8.68. The van der Waals surface area contributed by atoms with Crippen molar-refractivity contribution < 1.29 is 14.6 Å². The average Bonchev–Trinajstić information content (AvgIpc) is 3.29. The summed E-state index contributed by atoms with van der Waals surface area (Å²) in [6.07, 6.45) is 6.84. The Morgan fingerprint density at radius 1 is 1.28 bits per heavy atom. The molecule has 2 saturated carbocycles. The molecule has 3 aromatic rings. The molecule has 2 fully saturated rings. The Balaban J connectivity index is 1.64. The Bertz CT molecular complexity index is 1070. The summed E-state index contributed by atoms with van der Waals surface area (Å²) in [7, 11) is 0. The van der Waals surface area contributed by atoms with E-state index in [1.807, 2.05) is 30.3 Å². The smallest absolute Gasteiger partial charge is 0.354 e. The van der Waals surface area contributed by atoms with Gasteiger partial charge in [-0.2, -0.15) is 5.10 Å². The molecular weight excluding hydrogens is 366 g/mol. The predicted octanol–water partition coefficient (Wildman–Crippen LogP) is 4.96. The molecule has 2 aromatic heterocycles. The van der Waals surface area contributed by atoms with Gasteiger partial charge in [-0.25, -0.2) is 14.5 Å². The van der Waals surface area contributed by atoms with Gasteiger partial charge in [-0.15, -0.1) is 0 Å². The van der Waals surface area contributed by atoms with Crippen LogP contribution in [0.1, 0.15) is 67.5 Å². The first kappa shape index (κ1) is 18.2. The van der Waals surface area contributed by atoms with Gasteiger partial charge in [-0.05, 0) is 49.7 Å². The van der Waals surface area contributed by atoms with Crippen molar-refractivity contribution in [2.45, 2.75) is 51.4 Å². The molecule has 2 aliphatic rings. The quantitative estimate of drug-likeness (QED) is 0.616. The van der Waals surface area contributed by atoms with Crippen LogP contribution in [0.3, 0.4) is 0 Å². The number of hydrogen-bond donors (Lipinski definition) is 1. The van der Waals surface area contributed by atoms with Gasteiger partial charge >= 0.3 is 5.97 Å². The second-order valence-electron chi connectivity index (χ2n) is 8.68. The Labute approximate surface area is 169 Å². The van der Waals surface area contributed by atoms with Crippen molar-refractivity contribution in [1.29, 1.82) is 0 Å². The van der Waals surface area contributed by atoms with E-state index in [0.29, 0.717) is 29.3 Å². The molecule has 0 unspecified atom stereocenters. The number of fused-ring (bicyclic) bond motifs is 1. The first-order valence-corrected chi connectivity index (χ1v) is 10.4. The lowest BCUT2D eigenvalue weighted by Crippen LogP contribution is -2.11. The zero-order valence-corrected chi connectivity index (χ0v) is 16.6. The van der Waals surface area contributed by atoms with Crippen LogP contribution in [0.5, 0.6) is 5.75 Å². The molecule has 29 heavy (non-hydrogen) atoms. The molecule has 2 heterocycles. The summed E-state index contributed by atoms with van der Waals surface area (Å²) >= 11 is 0. The molecule has 0 aliphatic heterocycles. The number of hydrogen-bond acceptors (Lipinski definition) is 4. The second kappa shape index (κ2) is 6.87. The van der Waals surface area contributed by atoms with Crippen molar-refractivity contribution in [2.75, 3.05) is 6.61 Å². The van der Waals surface area contributed by atoms with Crippen molar-refractivity contribution in [3.8, 4) is 11.4 Å². The van der Waals surface area contributed by atoms with Crippen LogP contribution in [0.4, 0.5) is 0 Å². The highest BCUT2D eigenvalue weighted by Gasteiger charge is 2.37. The Hall–Kier alpha value is -2.89. The summed E-state index contributed by atoms with van der Waals surface area (Å²) in [5, 5.41) is 15.4. The number of ether oxygens (including phenoxy) is 1. The molecular formula is C23H25N3O3. The molecule has 150 valence electrons. The van der Waals surface area contributed by atoms with E-state index in [-0.39, 0.29) is 5.69 Å². The molecule has 1 aromatic carbocycles. The highest BCUT2D eigenvalue weighted by Crippen LogP contribution is 2.48. The van der Waals surface area contributed by atoms with Crippen molar-refractivity contribution in [1.82, 2.24) is 14.8 Å². The zero-order valence-electron chi connectivity index (χ0n) is 16.6. The SMILES string of the molecule is CC1(CCOc2cc(C(=O)O)nc3c2c(C2CCC2)nn3-c2ccccc2)CC1. The summed E-state index contributed by atoms with van der Waals surface area (Å²) < 4.78 is 7.95. The van der Waals surface area contributed by atoms with E-state index in [2.05, 4.69) is 11.9 Å². The molecule has 0 bridgehead atoms. The van der Waals surface area contributed by atoms with E-state index in [1.54, 1.807) is 10.7 Å². The van der Waals surface area contributed by atoms with Crippen LogP contribution in [-0.4, -0.2) is 32.4 Å². The minimum absolute atomic E-state index is 0.0117.